The van der Waals surface area contributed by atoms with Crippen molar-refractivity contribution < 1.29 is 9.53 Å². The van der Waals surface area contributed by atoms with Crippen LogP contribution in [0.5, 0.6) is 5.75 Å². The van der Waals surface area contributed by atoms with Crippen LogP contribution < -0.4 is 10.1 Å². The van der Waals surface area contributed by atoms with E-state index in [9.17, 15) is 4.79 Å². The lowest BCUT2D eigenvalue weighted by molar-refractivity contribution is 0.0935. The second-order valence-electron chi connectivity index (χ2n) is 3.86. The number of carbonyl (C=O) groups excluding carboxylic acids is 1. The topological polar surface area (TPSA) is 38.3 Å². The molecule has 1 aromatic carbocycles. The molecule has 0 aliphatic rings. The number of hydrogen-bond acceptors (Lipinski definition) is 2. The van der Waals surface area contributed by atoms with Crippen molar-refractivity contribution in [3.05, 3.63) is 29.8 Å². The highest BCUT2D eigenvalue weighted by Crippen LogP contribution is 2.17. The molecule has 0 unspecified atom stereocenters. The summed E-state index contributed by atoms with van der Waals surface area (Å²) in [7, 11) is 1.57. The third kappa shape index (κ3) is 3.26. The number of benzene rings is 1. The van der Waals surface area contributed by atoms with Gasteiger partial charge in [-0.05, 0) is 25.5 Å². The van der Waals surface area contributed by atoms with Gasteiger partial charge in [-0.15, -0.1) is 0 Å². The van der Waals surface area contributed by atoms with E-state index in [0.29, 0.717) is 11.3 Å². The maximum atomic E-state index is 11.9. The molecule has 1 amide bonds. The monoisotopic (exact) mass is 221 g/mol. The first kappa shape index (κ1) is 12.6. The Morgan fingerprint density at radius 2 is 2.12 bits per heavy atom. The van der Waals surface area contributed by atoms with Gasteiger partial charge >= 0.3 is 0 Å². The minimum atomic E-state index is -0.0709. The highest BCUT2D eigenvalue weighted by molar-refractivity contribution is 5.97. The lowest BCUT2D eigenvalue weighted by atomic mass is 10.1. The molecule has 16 heavy (non-hydrogen) atoms. The maximum absolute atomic E-state index is 11.9. The maximum Gasteiger partial charge on any atom is 0.255 e. The third-order valence-electron chi connectivity index (χ3n) is 2.45. The summed E-state index contributed by atoms with van der Waals surface area (Å²) in [6, 6.07) is 7.45. The number of para-hydroxylation sites is 1. The van der Waals surface area contributed by atoms with Gasteiger partial charge in [-0.2, -0.15) is 0 Å². The van der Waals surface area contributed by atoms with Gasteiger partial charge in [0, 0.05) is 6.04 Å². The van der Waals surface area contributed by atoms with Crippen LogP contribution in [-0.2, 0) is 0 Å². The fraction of sp³-hybridized carbons (Fsp3) is 0.462. The van der Waals surface area contributed by atoms with Crippen molar-refractivity contribution >= 4 is 5.91 Å². The van der Waals surface area contributed by atoms with E-state index in [0.717, 1.165) is 12.8 Å². The van der Waals surface area contributed by atoms with Gasteiger partial charge in [-0.1, -0.05) is 25.5 Å². The van der Waals surface area contributed by atoms with Crippen LogP contribution in [0.25, 0.3) is 0 Å². The van der Waals surface area contributed by atoms with Crippen molar-refractivity contribution in [2.75, 3.05) is 7.11 Å². The largest absolute Gasteiger partial charge is 0.496 e. The number of ether oxygens (including phenoxy) is 1. The minimum Gasteiger partial charge on any atom is -0.496 e. The van der Waals surface area contributed by atoms with Crippen LogP contribution in [0.2, 0.25) is 0 Å². The van der Waals surface area contributed by atoms with Crippen molar-refractivity contribution in [1.29, 1.82) is 0 Å². The average molecular weight is 221 g/mol. The summed E-state index contributed by atoms with van der Waals surface area (Å²) in [5.74, 6) is 0.544. The molecule has 0 aromatic heterocycles. The van der Waals surface area contributed by atoms with Gasteiger partial charge in [0.15, 0.2) is 0 Å². The lowest BCUT2D eigenvalue weighted by Crippen LogP contribution is -2.32. The third-order valence-corrected chi connectivity index (χ3v) is 2.45. The van der Waals surface area contributed by atoms with Crippen molar-refractivity contribution in [2.45, 2.75) is 32.7 Å². The number of nitrogens with one attached hydrogen (secondary N) is 1. The molecule has 1 rings (SSSR count). The van der Waals surface area contributed by atoms with Gasteiger partial charge in [0.2, 0.25) is 0 Å². The SMILES string of the molecule is CCC[C@@H](C)NC(=O)c1ccccc1OC. The van der Waals surface area contributed by atoms with E-state index in [-0.39, 0.29) is 11.9 Å². The molecule has 1 atom stereocenters. The fourth-order valence-corrected chi connectivity index (χ4v) is 1.64. The molecule has 0 aliphatic heterocycles. The molecule has 0 fully saturated rings. The Morgan fingerprint density at radius 3 is 2.75 bits per heavy atom. The Hall–Kier alpha value is -1.51. The van der Waals surface area contributed by atoms with Gasteiger partial charge in [-0.3, -0.25) is 4.79 Å². The van der Waals surface area contributed by atoms with Crippen LogP contribution >= 0.6 is 0 Å². The molecule has 88 valence electrons. The second-order valence-corrected chi connectivity index (χ2v) is 3.86. The quantitative estimate of drug-likeness (QED) is 0.830. The van der Waals surface area contributed by atoms with Crippen LogP contribution in [0.4, 0.5) is 0 Å². The number of amides is 1. The number of methoxy groups -OCH3 is 1. The van der Waals surface area contributed by atoms with E-state index in [1.54, 1.807) is 19.2 Å². The van der Waals surface area contributed by atoms with E-state index in [2.05, 4.69) is 12.2 Å². The number of carbonyl (C=O) groups is 1. The van der Waals surface area contributed by atoms with Crippen LogP contribution in [0.15, 0.2) is 24.3 Å². The molecule has 0 bridgehead atoms. The predicted molar refractivity (Wildman–Crippen MR) is 64.8 cm³/mol. The van der Waals surface area contributed by atoms with E-state index in [4.69, 9.17) is 4.74 Å². The summed E-state index contributed by atoms with van der Waals surface area (Å²) in [6.07, 6.45) is 2.05. The van der Waals surface area contributed by atoms with Gasteiger partial charge in [-0.25, -0.2) is 0 Å². The highest BCUT2D eigenvalue weighted by Gasteiger charge is 2.13. The van der Waals surface area contributed by atoms with Gasteiger partial charge in [0.25, 0.3) is 5.91 Å². The molecule has 0 radical (unpaired) electrons. The summed E-state index contributed by atoms with van der Waals surface area (Å²) in [6.45, 7) is 4.11. The van der Waals surface area contributed by atoms with Crippen molar-refractivity contribution in [3.8, 4) is 5.75 Å². The summed E-state index contributed by atoms with van der Waals surface area (Å²) in [5.41, 5.74) is 0.591. The molecule has 0 spiro atoms. The molecule has 1 N–H and O–H groups in total. The smallest absolute Gasteiger partial charge is 0.255 e. The van der Waals surface area contributed by atoms with Crippen molar-refractivity contribution in [2.24, 2.45) is 0 Å². The minimum absolute atomic E-state index is 0.0709. The predicted octanol–water partition coefficient (Wildman–Crippen LogP) is 2.61. The first-order valence-corrected chi connectivity index (χ1v) is 5.63. The molecular formula is C13H19NO2. The first-order valence-electron chi connectivity index (χ1n) is 5.63. The van der Waals surface area contributed by atoms with E-state index in [1.165, 1.54) is 0 Å². The van der Waals surface area contributed by atoms with Crippen LogP contribution in [0.3, 0.4) is 0 Å². The van der Waals surface area contributed by atoms with Crippen LogP contribution in [-0.4, -0.2) is 19.1 Å². The molecule has 3 nitrogen and oxygen atoms in total. The molecular weight excluding hydrogens is 202 g/mol. The Bertz CT molecular complexity index is 350. The van der Waals surface area contributed by atoms with E-state index < -0.39 is 0 Å². The number of hydrogen-bond donors (Lipinski definition) is 1. The highest BCUT2D eigenvalue weighted by atomic mass is 16.5. The fourth-order valence-electron chi connectivity index (χ4n) is 1.64. The standard InChI is InChI=1S/C13H19NO2/c1-4-7-10(2)14-13(15)11-8-5-6-9-12(11)16-3/h5-6,8-10H,4,7H2,1-3H3,(H,14,15)/t10-/m1/s1. The summed E-state index contributed by atoms with van der Waals surface area (Å²) < 4.78 is 5.15. The zero-order valence-electron chi connectivity index (χ0n) is 10.1. The Balaban J connectivity index is 2.72. The first-order chi connectivity index (χ1) is 7.69. The van der Waals surface area contributed by atoms with E-state index >= 15 is 0 Å². The lowest BCUT2D eigenvalue weighted by Gasteiger charge is -2.14. The zero-order chi connectivity index (χ0) is 12.0. The summed E-state index contributed by atoms with van der Waals surface area (Å²) >= 11 is 0. The van der Waals surface area contributed by atoms with Crippen LogP contribution in [0, 0.1) is 0 Å². The molecule has 3 heteroatoms. The zero-order valence-corrected chi connectivity index (χ0v) is 10.1. The second kappa shape index (κ2) is 6.16. The normalized spacial score (nSPS) is 11.9. The Morgan fingerprint density at radius 1 is 1.44 bits per heavy atom. The molecule has 0 aliphatic carbocycles. The van der Waals surface area contributed by atoms with Gasteiger partial charge in [0.05, 0.1) is 12.7 Å². The Kier molecular flexibility index (Phi) is 4.83. The van der Waals surface area contributed by atoms with Crippen molar-refractivity contribution in [1.82, 2.24) is 5.32 Å². The summed E-state index contributed by atoms with van der Waals surface area (Å²) in [4.78, 5) is 11.9. The molecule has 0 saturated carbocycles. The number of rotatable bonds is 5. The van der Waals surface area contributed by atoms with Gasteiger partial charge in [0.1, 0.15) is 5.75 Å². The van der Waals surface area contributed by atoms with Crippen LogP contribution in [0.1, 0.15) is 37.0 Å². The summed E-state index contributed by atoms with van der Waals surface area (Å²) in [5, 5.41) is 2.95. The molecule has 1 aromatic rings. The van der Waals surface area contributed by atoms with Crippen molar-refractivity contribution in [3.63, 3.8) is 0 Å². The van der Waals surface area contributed by atoms with Gasteiger partial charge < -0.3 is 10.1 Å². The Labute approximate surface area is 96.8 Å². The van der Waals surface area contributed by atoms with E-state index in [1.807, 2.05) is 19.1 Å². The molecule has 0 saturated heterocycles. The average Bonchev–Trinajstić information content (AvgIpc) is 2.29. The molecule has 0 heterocycles.